The highest BCUT2D eigenvalue weighted by molar-refractivity contribution is 5.71. The molecule has 5 heteroatoms. The van der Waals surface area contributed by atoms with Crippen molar-refractivity contribution in [1.82, 2.24) is 15.0 Å². The number of hydrogen-bond acceptors (Lipinski definition) is 4. The number of nitrogens with two attached hydrogens (primary N) is 1. The lowest BCUT2D eigenvalue weighted by atomic mass is 10.0. The van der Waals surface area contributed by atoms with Gasteiger partial charge in [0.2, 0.25) is 5.88 Å². The maximum absolute atomic E-state index is 6.21. The van der Waals surface area contributed by atoms with Gasteiger partial charge in [-0.25, -0.2) is 4.98 Å². The van der Waals surface area contributed by atoms with Crippen molar-refractivity contribution in [3.63, 3.8) is 0 Å². The van der Waals surface area contributed by atoms with Gasteiger partial charge in [0.15, 0.2) is 5.65 Å². The van der Waals surface area contributed by atoms with Gasteiger partial charge in [-0.2, -0.15) is 4.98 Å². The molecule has 3 rings (SSSR count). The average molecular weight is 282 g/mol. The third-order valence-electron chi connectivity index (χ3n) is 3.50. The number of nitrogens with zero attached hydrogens (tertiary/aromatic N) is 2. The Morgan fingerprint density at radius 1 is 1.14 bits per heavy atom. The van der Waals surface area contributed by atoms with Gasteiger partial charge in [0, 0.05) is 18.5 Å². The quantitative estimate of drug-likeness (QED) is 0.754. The Bertz CT molecular complexity index is 723. The van der Waals surface area contributed by atoms with Crippen LogP contribution in [0.1, 0.15) is 23.9 Å². The lowest BCUT2D eigenvalue weighted by Crippen LogP contribution is -2.11. The summed E-state index contributed by atoms with van der Waals surface area (Å²) in [7, 11) is 1.60. The third kappa shape index (κ3) is 3.03. The molecule has 0 saturated carbocycles. The minimum atomic E-state index is 0.0157. The number of nitrogens with one attached hydrogen (secondary N) is 1. The summed E-state index contributed by atoms with van der Waals surface area (Å²) >= 11 is 0. The molecule has 0 amide bonds. The van der Waals surface area contributed by atoms with Gasteiger partial charge in [0.25, 0.3) is 0 Å². The van der Waals surface area contributed by atoms with Crippen LogP contribution in [-0.4, -0.2) is 22.1 Å². The summed E-state index contributed by atoms with van der Waals surface area (Å²) in [4.78, 5) is 12.1. The summed E-state index contributed by atoms with van der Waals surface area (Å²) in [6, 6.07) is 13.9. The van der Waals surface area contributed by atoms with E-state index in [0.717, 1.165) is 29.7 Å². The molecule has 108 valence electrons. The van der Waals surface area contributed by atoms with Crippen LogP contribution in [0.15, 0.2) is 42.5 Å². The Balaban J connectivity index is 1.70. The van der Waals surface area contributed by atoms with Crippen molar-refractivity contribution in [2.24, 2.45) is 5.73 Å². The van der Waals surface area contributed by atoms with E-state index >= 15 is 0 Å². The fraction of sp³-hybridized carbons (Fsp3) is 0.250. The van der Waals surface area contributed by atoms with Gasteiger partial charge in [-0.1, -0.05) is 30.3 Å². The molecule has 0 fully saturated rings. The standard InChI is InChI=1S/C16H18N4O/c1-21-15-10-8-13-16(20-15)19-14(18-13)9-7-12(17)11-5-3-2-4-6-11/h2-6,8,10,12H,7,9,17H2,1H3,(H,18,19,20). The van der Waals surface area contributed by atoms with Crippen LogP contribution in [0.25, 0.3) is 11.2 Å². The van der Waals surface area contributed by atoms with Crippen LogP contribution in [-0.2, 0) is 6.42 Å². The van der Waals surface area contributed by atoms with Crippen molar-refractivity contribution >= 4 is 11.2 Å². The van der Waals surface area contributed by atoms with E-state index in [0.29, 0.717) is 11.5 Å². The number of aromatic nitrogens is 3. The molecule has 21 heavy (non-hydrogen) atoms. The second kappa shape index (κ2) is 5.93. The molecule has 0 bridgehead atoms. The van der Waals surface area contributed by atoms with Crippen LogP contribution in [0.3, 0.4) is 0 Å². The molecule has 1 atom stereocenters. The SMILES string of the molecule is COc1ccc2[nH]c(CCC(N)c3ccccc3)nc2n1. The van der Waals surface area contributed by atoms with Crippen molar-refractivity contribution < 1.29 is 4.74 Å². The number of pyridine rings is 1. The van der Waals surface area contributed by atoms with Crippen LogP contribution in [0.5, 0.6) is 5.88 Å². The average Bonchev–Trinajstić information content (AvgIpc) is 2.95. The highest BCUT2D eigenvalue weighted by Gasteiger charge is 2.09. The van der Waals surface area contributed by atoms with E-state index in [1.54, 1.807) is 7.11 Å². The number of benzene rings is 1. The number of imidazole rings is 1. The topological polar surface area (TPSA) is 76.8 Å². The zero-order valence-electron chi connectivity index (χ0n) is 11.9. The van der Waals surface area contributed by atoms with Crippen LogP contribution in [0.4, 0.5) is 0 Å². The molecule has 0 aliphatic rings. The highest BCUT2D eigenvalue weighted by atomic mass is 16.5. The summed E-state index contributed by atoms with van der Waals surface area (Å²) in [5, 5.41) is 0. The number of methoxy groups -OCH3 is 1. The van der Waals surface area contributed by atoms with Gasteiger partial charge in [-0.05, 0) is 18.1 Å². The van der Waals surface area contributed by atoms with E-state index in [4.69, 9.17) is 10.5 Å². The molecule has 3 N–H and O–H groups in total. The van der Waals surface area contributed by atoms with Crippen molar-refractivity contribution in [3.8, 4) is 5.88 Å². The maximum atomic E-state index is 6.21. The first kappa shape index (κ1) is 13.6. The number of H-pyrrole nitrogens is 1. The maximum Gasteiger partial charge on any atom is 0.215 e. The second-order valence-electron chi connectivity index (χ2n) is 4.96. The lowest BCUT2D eigenvalue weighted by Gasteiger charge is -2.10. The number of aryl methyl sites for hydroxylation is 1. The Hall–Kier alpha value is -2.40. The predicted molar refractivity (Wildman–Crippen MR) is 82.1 cm³/mol. The molecular formula is C16H18N4O. The first-order valence-electron chi connectivity index (χ1n) is 6.96. The first-order valence-corrected chi connectivity index (χ1v) is 6.96. The van der Waals surface area contributed by atoms with Crippen LogP contribution < -0.4 is 10.5 Å². The van der Waals surface area contributed by atoms with Crippen molar-refractivity contribution in [1.29, 1.82) is 0 Å². The molecule has 3 aromatic rings. The Labute approximate surface area is 123 Å². The molecule has 5 nitrogen and oxygen atoms in total. The second-order valence-corrected chi connectivity index (χ2v) is 4.96. The summed E-state index contributed by atoms with van der Waals surface area (Å²) in [5.74, 6) is 1.47. The largest absolute Gasteiger partial charge is 0.481 e. The van der Waals surface area contributed by atoms with Gasteiger partial charge in [0.05, 0.1) is 12.6 Å². The van der Waals surface area contributed by atoms with Gasteiger partial charge in [-0.15, -0.1) is 0 Å². The molecule has 2 heterocycles. The monoisotopic (exact) mass is 282 g/mol. The van der Waals surface area contributed by atoms with Crippen molar-refractivity contribution in [2.45, 2.75) is 18.9 Å². The molecule has 2 aromatic heterocycles. The molecule has 0 aliphatic heterocycles. The highest BCUT2D eigenvalue weighted by Crippen LogP contribution is 2.18. The zero-order valence-corrected chi connectivity index (χ0v) is 11.9. The fourth-order valence-electron chi connectivity index (χ4n) is 2.32. The molecular weight excluding hydrogens is 264 g/mol. The Kier molecular flexibility index (Phi) is 3.83. The van der Waals surface area contributed by atoms with Gasteiger partial charge >= 0.3 is 0 Å². The molecule has 0 saturated heterocycles. The minimum absolute atomic E-state index is 0.0157. The molecule has 0 aliphatic carbocycles. The number of aromatic amines is 1. The van der Waals surface area contributed by atoms with Crippen molar-refractivity contribution in [3.05, 3.63) is 53.9 Å². The van der Waals surface area contributed by atoms with Gasteiger partial charge in [-0.3, -0.25) is 0 Å². The van der Waals surface area contributed by atoms with Crippen molar-refractivity contribution in [2.75, 3.05) is 7.11 Å². The van der Waals surface area contributed by atoms with E-state index in [9.17, 15) is 0 Å². The van der Waals surface area contributed by atoms with Crippen LogP contribution in [0.2, 0.25) is 0 Å². The summed E-state index contributed by atoms with van der Waals surface area (Å²) in [5.41, 5.74) is 8.95. The number of hydrogen-bond donors (Lipinski definition) is 2. The minimum Gasteiger partial charge on any atom is -0.481 e. The van der Waals surface area contributed by atoms with E-state index in [1.165, 1.54) is 0 Å². The first-order chi connectivity index (χ1) is 10.3. The molecule has 1 aromatic carbocycles. The molecule has 0 radical (unpaired) electrons. The third-order valence-corrected chi connectivity index (χ3v) is 3.50. The smallest absolute Gasteiger partial charge is 0.215 e. The van der Waals surface area contributed by atoms with E-state index in [2.05, 4.69) is 27.1 Å². The van der Waals surface area contributed by atoms with E-state index in [1.807, 2.05) is 30.3 Å². The number of fused-ring (bicyclic) bond motifs is 1. The van der Waals surface area contributed by atoms with Crippen LogP contribution >= 0.6 is 0 Å². The summed E-state index contributed by atoms with van der Waals surface area (Å²) < 4.78 is 5.10. The van der Waals surface area contributed by atoms with E-state index in [-0.39, 0.29) is 6.04 Å². The summed E-state index contributed by atoms with van der Waals surface area (Å²) in [6.07, 6.45) is 1.62. The number of rotatable bonds is 5. The van der Waals surface area contributed by atoms with Crippen LogP contribution in [0, 0.1) is 0 Å². The zero-order chi connectivity index (χ0) is 14.7. The fourth-order valence-corrected chi connectivity index (χ4v) is 2.32. The van der Waals surface area contributed by atoms with Gasteiger partial charge < -0.3 is 15.5 Å². The number of ether oxygens (including phenoxy) is 1. The normalized spacial score (nSPS) is 12.5. The Morgan fingerprint density at radius 3 is 2.71 bits per heavy atom. The predicted octanol–water partition coefficient (Wildman–Crippen LogP) is 2.60. The van der Waals surface area contributed by atoms with Gasteiger partial charge in [0.1, 0.15) is 5.82 Å². The molecule has 0 spiro atoms. The molecule has 1 unspecified atom stereocenters. The Morgan fingerprint density at radius 2 is 1.95 bits per heavy atom. The summed E-state index contributed by atoms with van der Waals surface area (Å²) in [6.45, 7) is 0. The van der Waals surface area contributed by atoms with E-state index < -0.39 is 0 Å². The lowest BCUT2D eigenvalue weighted by molar-refractivity contribution is 0.399.